The van der Waals surface area contributed by atoms with Crippen molar-refractivity contribution >= 4 is 33.7 Å². The molecule has 0 fully saturated rings. The van der Waals surface area contributed by atoms with Crippen LogP contribution >= 0.6 is 15.9 Å². The zero-order valence-electron chi connectivity index (χ0n) is 13.5. The second-order valence-corrected chi connectivity index (χ2v) is 5.82. The Balaban J connectivity index is 1.71. The number of rotatable bonds is 6. The van der Waals surface area contributed by atoms with E-state index in [1.807, 2.05) is 0 Å². The van der Waals surface area contributed by atoms with Crippen molar-refractivity contribution in [3.63, 3.8) is 0 Å². The lowest BCUT2D eigenvalue weighted by Crippen LogP contribution is -2.50. The van der Waals surface area contributed by atoms with Gasteiger partial charge in [0.2, 0.25) is 0 Å². The molecule has 2 rings (SSSR count). The topological polar surface area (TPSA) is 110 Å². The van der Waals surface area contributed by atoms with Gasteiger partial charge in [-0.2, -0.15) is 0 Å². The maximum absolute atomic E-state index is 12.8. The van der Waals surface area contributed by atoms with E-state index in [4.69, 9.17) is 9.15 Å². The second kappa shape index (κ2) is 8.99. The van der Waals surface area contributed by atoms with Gasteiger partial charge in [0.15, 0.2) is 16.5 Å². The van der Waals surface area contributed by atoms with E-state index < -0.39 is 29.6 Å². The van der Waals surface area contributed by atoms with Crippen molar-refractivity contribution < 1.29 is 27.9 Å². The lowest BCUT2D eigenvalue weighted by molar-refractivity contribution is -0.132. The summed E-state index contributed by atoms with van der Waals surface area (Å²) in [4.78, 5) is 35.2. The van der Waals surface area contributed by atoms with E-state index in [-0.39, 0.29) is 12.3 Å². The number of halogens is 2. The maximum atomic E-state index is 12.8. The molecule has 26 heavy (non-hydrogen) atoms. The summed E-state index contributed by atoms with van der Waals surface area (Å²) in [5.41, 5.74) is 4.30. The molecule has 3 amide bonds. The number of ether oxygens (including phenoxy) is 1. The fraction of sp³-hybridized carbons (Fsp3) is 0.188. The van der Waals surface area contributed by atoms with Gasteiger partial charge in [0, 0.05) is 0 Å². The Bertz CT molecular complexity index is 793. The normalized spacial score (nSPS) is 11.3. The number of hydrogen-bond donors (Lipinski definition) is 3. The molecule has 0 aliphatic heterocycles. The third-order valence-electron chi connectivity index (χ3n) is 3.03. The number of hydrazine groups is 1. The highest BCUT2D eigenvalue weighted by Crippen LogP contribution is 2.14. The number of furan rings is 1. The summed E-state index contributed by atoms with van der Waals surface area (Å²) in [7, 11) is 0. The van der Waals surface area contributed by atoms with E-state index in [1.54, 1.807) is 0 Å². The fourth-order valence-electron chi connectivity index (χ4n) is 1.73. The Labute approximate surface area is 156 Å². The number of nitrogens with one attached hydrogen (secondary N) is 3. The molecule has 0 saturated heterocycles. The summed E-state index contributed by atoms with van der Waals surface area (Å²) in [6.07, 6.45) is -0.934. The molecule has 0 aliphatic carbocycles. The van der Waals surface area contributed by atoms with Crippen LogP contribution in [0.3, 0.4) is 0 Å². The predicted molar refractivity (Wildman–Crippen MR) is 91.5 cm³/mol. The van der Waals surface area contributed by atoms with Gasteiger partial charge in [0.05, 0.1) is 6.54 Å². The van der Waals surface area contributed by atoms with Gasteiger partial charge >= 0.3 is 0 Å². The zero-order chi connectivity index (χ0) is 19.1. The molecule has 138 valence electrons. The maximum Gasteiger partial charge on any atom is 0.287 e. The third kappa shape index (κ3) is 5.88. The molecule has 0 saturated carbocycles. The first kappa shape index (κ1) is 19.4. The van der Waals surface area contributed by atoms with Crippen molar-refractivity contribution in [1.82, 2.24) is 16.2 Å². The molecule has 1 aromatic heterocycles. The molecular formula is C16H15BrFN3O5. The summed E-state index contributed by atoms with van der Waals surface area (Å²) >= 11 is 3.06. The van der Waals surface area contributed by atoms with Gasteiger partial charge in [-0.1, -0.05) is 0 Å². The Morgan fingerprint density at radius 2 is 1.85 bits per heavy atom. The summed E-state index contributed by atoms with van der Waals surface area (Å²) in [5.74, 6) is -1.93. The van der Waals surface area contributed by atoms with Crippen molar-refractivity contribution in [1.29, 1.82) is 0 Å². The van der Waals surface area contributed by atoms with Gasteiger partial charge in [-0.3, -0.25) is 25.2 Å². The molecule has 0 aliphatic rings. The molecule has 1 heterocycles. The van der Waals surface area contributed by atoms with Gasteiger partial charge in [0.25, 0.3) is 17.7 Å². The zero-order valence-corrected chi connectivity index (χ0v) is 15.1. The third-order valence-corrected chi connectivity index (χ3v) is 3.45. The SMILES string of the molecule is C[C@H](Oc1ccc(F)cc1)C(=O)NNC(=O)CNC(=O)c1ccc(Br)o1. The van der Waals surface area contributed by atoms with E-state index in [0.29, 0.717) is 10.4 Å². The van der Waals surface area contributed by atoms with Crippen molar-refractivity contribution in [2.45, 2.75) is 13.0 Å². The van der Waals surface area contributed by atoms with Crippen LogP contribution in [0.5, 0.6) is 5.75 Å². The number of benzene rings is 1. The Hall–Kier alpha value is -2.88. The molecule has 8 nitrogen and oxygen atoms in total. The monoisotopic (exact) mass is 427 g/mol. The number of amides is 3. The van der Waals surface area contributed by atoms with E-state index in [9.17, 15) is 18.8 Å². The number of carbonyl (C=O) groups excluding carboxylic acids is 3. The molecule has 3 N–H and O–H groups in total. The molecule has 1 atom stereocenters. The highest BCUT2D eigenvalue weighted by Gasteiger charge is 2.16. The van der Waals surface area contributed by atoms with Crippen LogP contribution in [0.1, 0.15) is 17.5 Å². The first-order chi connectivity index (χ1) is 12.3. The second-order valence-electron chi connectivity index (χ2n) is 5.04. The van der Waals surface area contributed by atoms with E-state index in [2.05, 4.69) is 32.1 Å². The average Bonchev–Trinajstić information content (AvgIpc) is 3.06. The molecule has 0 radical (unpaired) electrons. The van der Waals surface area contributed by atoms with Crippen LogP contribution in [0, 0.1) is 5.82 Å². The lowest BCUT2D eigenvalue weighted by atomic mass is 10.3. The molecular weight excluding hydrogens is 413 g/mol. The smallest absolute Gasteiger partial charge is 0.287 e. The largest absolute Gasteiger partial charge is 0.481 e. The minimum atomic E-state index is -0.934. The summed E-state index contributed by atoms with van der Waals surface area (Å²) in [6, 6.07) is 8.12. The summed E-state index contributed by atoms with van der Waals surface area (Å²) in [5, 5.41) is 2.33. The number of carbonyl (C=O) groups is 3. The van der Waals surface area contributed by atoms with Crippen LogP contribution in [0.4, 0.5) is 4.39 Å². The fourth-order valence-corrected chi connectivity index (χ4v) is 2.04. The molecule has 2 aromatic rings. The standard InChI is InChI=1S/C16H15BrFN3O5/c1-9(25-11-4-2-10(18)3-5-11)15(23)21-20-14(22)8-19-16(24)12-6-7-13(17)26-12/h2-7,9H,8H2,1H3,(H,19,24)(H,20,22)(H,21,23)/t9-/m0/s1. The Kier molecular flexibility index (Phi) is 6.73. The van der Waals surface area contributed by atoms with Gasteiger partial charge in [0.1, 0.15) is 11.6 Å². The minimum Gasteiger partial charge on any atom is -0.481 e. The molecule has 0 unspecified atom stereocenters. The van der Waals surface area contributed by atoms with Crippen LogP contribution in [-0.2, 0) is 9.59 Å². The summed E-state index contributed by atoms with van der Waals surface area (Å²) in [6.45, 7) is 1.09. The van der Waals surface area contributed by atoms with E-state index in [0.717, 1.165) is 0 Å². The van der Waals surface area contributed by atoms with E-state index >= 15 is 0 Å². The summed E-state index contributed by atoms with van der Waals surface area (Å²) < 4.78 is 23.5. The number of hydrogen-bond acceptors (Lipinski definition) is 5. The van der Waals surface area contributed by atoms with Crippen LogP contribution in [0.25, 0.3) is 0 Å². The van der Waals surface area contributed by atoms with Crippen molar-refractivity contribution in [2.24, 2.45) is 0 Å². The highest BCUT2D eigenvalue weighted by atomic mass is 79.9. The average molecular weight is 428 g/mol. The first-order valence-corrected chi connectivity index (χ1v) is 8.19. The quantitative estimate of drug-likeness (QED) is 0.605. The molecule has 0 spiro atoms. The van der Waals surface area contributed by atoms with Gasteiger partial charge in [-0.15, -0.1) is 0 Å². The van der Waals surface area contributed by atoms with E-state index in [1.165, 1.54) is 43.3 Å². The first-order valence-electron chi connectivity index (χ1n) is 7.39. The van der Waals surface area contributed by atoms with Gasteiger partial charge < -0.3 is 14.5 Å². The van der Waals surface area contributed by atoms with Crippen LogP contribution in [0.2, 0.25) is 0 Å². The van der Waals surface area contributed by atoms with Crippen molar-refractivity contribution in [3.05, 3.63) is 52.6 Å². The van der Waals surface area contributed by atoms with Gasteiger partial charge in [-0.05, 0) is 59.3 Å². The van der Waals surface area contributed by atoms with Crippen LogP contribution < -0.4 is 20.9 Å². The molecule has 1 aromatic carbocycles. The molecule has 10 heteroatoms. The minimum absolute atomic E-state index is 0.0371. The van der Waals surface area contributed by atoms with Crippen molar-refractivity contribution in [2.75, 3.05) is 6.54 Å². The van der Waals surface area contributed by atoms with Gasteiger partial charge in [-0.25, -0.2) is 4.39 Å². The van der Waals surface area contributed by atoms with Crippen LogP contribution in [0.15, 0.2) is 45.5 Å². The lowest BCUT2D eigenvalue weighted by Gasteiger charge is -2.15. The predicted octanol–water partition coefficient (Wildman–Crippen LogP) is 1.53. The Morgan fingerprint density at radius 1 is 1.15 bits per heavy atom. The molecule has 0 bridgehead atoms. The Morgan fingerprint density at radius 3 is 2.46 bits per heavy atom. The van der Waals surface area contributed by atoms with Crippen molar-refractivity contribution in [3.8, 4) is 5.75 Å². The highest BCUT2D eigenvalue weighted by molar-refractivity contribution is 9.10. The van der Waals surface area contributed by atoms with Crippen LogP contribution in [-0.4, -0.2) is 30.4 Å².